The fraction of sp³-hybridized carbons (Fsp3) is 0.269. The minimum absolute atomic E-state index is 0.0666. The molecular weight excluding hydrogens is 464 g/mol. The summed E-state index contributed by atoms with van der Waals surface area (Å²) in [6, 6.07) is 15.9. The first-order chi connectivity index (χ1) is 16.5. The second-order valence-corrected chi connectivity index (χ2v) is 10.5. The number of nitrogens with zero attached hydrogens (tertiary/aromatic N) is 4. The standard InChI is InChI=1S/C26H26N4O2S2/c1-17-18(2)33-24-23(17)25(28-16-27-24)34-22-10-5-4-9-21(22)26(31)30-13-11-29(12-14-30)19-7-6-8-20(15-19)32-3/h4-10,15-16H,11-14H2,1-3H3. The number of rotatable bonds is 5. The first-order valence-corrected chi connectivity index (χ1v) is 12.8. The van der Waals surface area contributed by atoms with Crippen molar-refractivity contribution in [2.75, 3.05) is 38.2 Å². The summed E-state index contributed by atoms with van der Waals surface area (Å²) < 4.78 is 5.36. The van der Waals surface area contributed by atoms with Gasteiger partial charge in [-0.05, 0) is 43.7 Å². The second kappa shape index (κ2) is 9.64. The molecule has 6 nitrogen and oxygen atoms in total. The molecule has 0 spiro atoms. The van der Waals surface area contributed by atoms with Crippen LogP contribution >= 0.6 is 23.1 Å². The van der Waals surface area contributed by atoms with Crippen LogP contribution in [0.15, 0.2) is 64.8 Å². The number of aromatic nitrogens is 2. The lowest BCUT2D eigenvalue weighted by Gasteiger charge is -2.36. The summed E-state index contributed by atoms with van der Waals surface area (Å²) in [6.07, 6.45) is 1.61. The minimum atomic E-state index is 0.0666. The molecule has 2 aromatic heterocycles. The predicted octanol–water partition coefficient (Wildman–Crippen LogP) is 5.43. The summed E-state index contributed by atoms with van der Waals surface area (Å²) in [6.45, 7) is 7.15. The third-order valence-corrected chi connectivity index (χ3v) is 8.43. The molecule has 4 aromatic rings. The van der Waals surface area contributed by atoms with Crippen molar-refractivity contribution in [3.63, 3.8) is 0 Å². The molecule has 0 unspecified atom stereocenters. The fourth-order valence-electron chi connectivity index (χ4n) is 4.21. The van der Waals surface area contributed by atoms with Gasteiger partial charge in [0.2, 0.25) is 0 Å². The van der Waals surface area contributed by atoms with Crippen molar-refractivity contribution < 1.29 is 9.53 Å². The molecule has 1 amide bonds. The van der Waals surface area contributed by atoms with Gasteiger partial charge >= 0.3 is 0 Å². The minimum Gasteiger partial charge on any atom is -0.497 e. The third-order valence-electron chi connectivity index (χ3n) is 6.24. The van der Waals surface area contributed by atoms with E-state index in [-0.39, 0.29) is 5.91 Å². The monoisotopic (exact) mass is 490 g/mol. The number of aryl methyl sites for hydroxylation is 2. The molecule has 0 bridgehead atoms. The maximum atomic E-state index is 13.5. The van der Waals surface area contributed by atoms with Crippen molar-refractivity contribution in [2.45, 2.75) is 23.8 Å². The molecule has 0 radical (unpaired) electrons. The van der Waals surface area contributed by atoms with Gasteiger partial charge < -0.3 is 14.5 Å². The molecule has 0 atom stereocenters. The Morgan fingerprint density at radius 1 is 1.03 bits per heavy atom. The predicted molar refractivity (Wildman–Crippen MR) is 139 cm³/mol. The zero-order chi connectivity index (χ0) is 23.7. The number of hydrogen-bond donors (Lipinski definition) is 0. The van der Waals surface area contributed by atoms with Gasteiger partial charge in [-0.3, -0.25) is 4.79 Å². The van der Waals surface area contributed by atoms with Crippen molar-refractivity contribution in [2.24, 2.45) is 0 Å². The highest BCUT2D eigenvalue weighted by molar-refractivity contribution is 7.99. The van der Waals surface area contributed by atoms with Gasteiger partial charge in [-0.2, -0.15) is 0 Å². The molecule has 0 saturated carbocycles. The van der Waals surface area contributed by atoms with Gasteiger partial charge in [-0.1, -0.05) is 30.0 Å². The van der Waals surface area contributed by atoms with Crippen molar-refractivity contribution in [3.05, 3.63) is 70.9 Å². The molecule has 1 aliphatic rings. The Labute approximate surface area is 207 Å². The van der Waals surface area contributed by atoms with Crippen LogP contribution in [0.25, 0.3) is 10.2 Å². The zero-order valence-corrected chi connectivity index (χ0v) is 21.1. The number of carbonyl (C=O) groups is 1. The molecule has 1 fully saturated rings. The lowest BCUT2D eigenvalue weighted by atomic mass is 10.1. The number of benzene rings is 2. The maximum absolute atomic E-state index is 13.5. The summed E-state index contributed by atoms with van der Waals surface area (Å²) in [5.41, 5.74) is 3.05. The van der Waals surface area contributed by atoms with Crippen molar-refractivity contribution in [3.8, 4) is 5.75 Å². The largest absolute Gasteiger partial charge is 0.497 e. The first-order valence-electron chi connectivity index (χ1n) is 11.2. The van der Waals surface area contributed by atoms with Gasteiger partial charge in [-0.25, -0.2) is 9.97 Å². The van der Waals surface area contributed by atoms with Gasteiger partial charge in [-0.15, -0.1) is 11.3 Å². The van der Waals surface area contributed by atoms with Crippen LogP contribution < -0.4 is 9.64 Å². The van der Waals surface area contributed by atoms with E-state index in [9.17, 15) is 4.79 Å². The summed E-state index contributed by atoms with van der Waals surface area (Å²) >= 11 is 3.23. The van der Waals surface area contributed by atoms with E-state index in [0.717, 1.165) is 50.2 Å². The SMILES string of the molecule is COc1cccc(N2CCN(C(=O)c3ccccc3Sc3ncnc4sc(C)c(C)c34)CC2)c1. The highest BCUT2D eigenvalue weighted by atomic mass is 32.2. The van der Waals surface area contributed by atoms with Crippen molar-refractivity contribution in [1.29, 1.82) is 0 Å². The highest BCUT2D eigenvalue weighted by Gasteiger charge is 2.25. The van der Waals surface area contributed by atoms with Gasteiger partial charge in [0.05, 0.1) is 12.7 Å². The number of amides is 1. The Bertz CT molecular complexity index is 1350. The van der Waals surface area contributed by atoms with Crippen molar-refractivity contribution in [1.82, 2.24) is 14.9 Å². The number of methoxy groups -OCH3 is 1. The van der Waals surface area contributed by atoms with E-state index in [1.54, 1.807) is 36.5 Å². The Hall–Kier alpha value is -3.10. The Balaban J connectivity index is 1.35. The van der Waals surface area contributed by atoms with Crippen LogP contribution in [-0.4, -0.2) is 54.1 Å². The molecule has 2 aromatic carbocycles. The lowest BCUT2D eigenvalue weighted by molar-refractivity contribution is 0.0743. The average molecular weight is 491 g/mol. The number of ether oxygens (including phenoxy) is 1. The van der Waals surface area contributed by atoms with Gasteiger partial charge in [0.25, 0.3) is 5.91 Å². The molecule has 8 heteroatoms. The van der Waals surface area contributed by atoms with Crippen LogP contribution in [-0.2, 0) is 0 Å². The van der Waals surface area contributed by atoms with Crippen LogP contribution in [0.5, 0.6) is 5.75 Å². The fourth-order valence-corrected chi connectivity index (χ4v) is 6.34. The van der Waals surface area contributed by atoms with Gasteiger partial charge in [0.1, 0.15) is 21.9 Å². The molecule has 34 heavy (non-hydrogen) atoms. The maximum Gasteiger partial charge on any atom is 0.255 e. The molecule has 1 saturated heterocycles. The Morgan fingerprint density at radius 3 is 2.62 bits per heavy atom. The van der Waals surface area contributed by atoms with Crippen LogP contribution in [0, 0.1) is 13.8 Å². The smallest absolute Gasteiger partial charge is 0.255 e. The highest BCUT2D eigenvalue weighted by Crippen LogP contribution is 2.38. The third kappa shape index (κ3) is 4.35. The second-order valence-electron chi connectivity index (χ2n) is 8.22. The van der Waals surface area contributed by atoms with E-state index >= 15 is 0 Å². The van der Waals surface area contributed by atoms with Crippen LogP contribution in [0.1, 0.15) is 20.8 Å². The number of thiophene rings is 1. The van der Waals surface area contributed by atoms with Crippen LogP contribution in [0.3, 0.4) is 0 Å². The molecule has 0 aliphatic carbocycles. The van der Waals surface area contributed by atoms with E-state index in [4.69, 9.17) is 4.74 Å². The summed E-state index contributed by atoms with van der Waals surface area (Å²) in [5, 5.41) is 1.99. The molecule has 3 heterocycles. The number of anilines is 1. The first kappa shape index (κ1) is 22.7. The number of carbonyl (C=O) groups excluding carboxylic acids is 1. The molecule has 1 aliphatic heterocycles. The van der Waals surface area contributed by atoms with E-state index in [1.807, 2.05) is 47.4 Å². The van der Waals surface area contributed by atoms with Crippen LogP contribution in [0.4, 0.5) is 5.69 Å². The normalized spacial score (nSPS) is 14.0. The quantitative estimate of drug-likeness (QED) is 0.348. The summed E-state index contributed by atoms with van der Waals surface area (Å²) in [4.78, 5) is 29.9. The number of fused-ring (bicyclic) bond motifs is 1. The van der Waals surface area contributed by atoms with Crippen molar-refractivity contribution >= 4 is 44.9 Å². The van der Waals surface area contributed by atoms with E-state index in [1.165, 1.54) is 10.4 Å². The molecular formula is C26H26N4O2S2. The molecule has 5 rings (SSSR count). The van der Waals surface area contributed by atoms with Gasteiger partial charge in [0.15, 0.2) is 0 Å². The lowest BCUT2D eigenvalue weighted by Crippen LogP contribution is -2.48. The number of piperazine rings is 1. The Morgan fingerprint density at radius 2 is 1.82 bits per heavy atom. The van der Waals surface area contributed by atoms with E-state index in [2.05, 4.69) is 34.8 Å². The summed E-state index contributed by atoms with van der Waals surface area (Å²) in [5.74, 6) is 0.911. The van der Waals surface area contributed by atoms with Crippen LogP contribution in [0.2, 0.25) is 0 Å². The summed E-state index contributed by atoms with van der Waals surface area (Å²) in [7, 11) is 1.68. The zero-order valence-electron chi connectivity index (χ0n) is 19.4. The van der Waals surface area contributed by atoms with E-state index < -0.39 is 0 Å². The van der Waals surface area contributed by atoms with Gasteiger partial charge in [0, 0.05) is 53.1 Å². The van der Waals surface area contributed by atoms with E-state index in [0.29, 0.717) is 13.1 Å². The molecule has 174 valence electrons. The average Bonchev–Trinajstić information content (AvgIpc) is 3.18. The number of hydrogen-bond acceptors (Lipinski definition) is 7. The topological polar surface area (TPSA) is 58.6 Å². The Kier molecular flexibility index (Phi) is 6.43. The molecule has 0 N–H and O–H groups in total.